The zero-order chi connectivity index (χ0) is 24.6. The molecule has 0 aliphatic carbocycles. The molecule has 0 radical (unpaired) electrons. The molecular formula is C26H35BrN2O4. The summed E-state index contributed by atoms with van der Waals surface area (Å²) in [6.07, 6.45) is 0.823. The van der Waals surface area contributed by atoms with Gasteiger partial charge in [0.1, 0.15) is 17.5 Å². The molecule has 1 atom stereocenters. The number of rotatable bonds is 10. The molecule has 2 rings (SSSR count). The van der Waals surface area contributed by atoms with Gasteiger partial charge in [0.15, 0.2) is 6.61 Å². The molecule has 180 valence electrons. The highest BCUT2D eigenvalue weighted by molar-refractivity contribution is 9.10. The van der Waals surface area contributed by atoms with Gasteiger partial charge in [0.25, 0.3) is 5.91 Å². The third kappa shape index (κ3) is 7.77. The Morgan fingerprint density at radius 2 is 1.88 bits per heavy atom. The molecule has 1 N–H and O–H groups in total. The average molecular weight is 519 g/mol. The number of ether oxygens (including phenoxy) is 2. The molecule has 2 aromatic carbocycles. The van der Waals surface area contributed by atoms with Gasteiger partial charge in [0, 0.05) is 13.1 Å². The Balaban J connectivity index is 2.19. The number of hydrogen-bond donors (Lipinski definition) is 1. The Bertz CT molecular complexity index is 956. The van der Waals surface area contributed by atoms with Crippen molar-refractivity contribution < 1.29 is 19.1 Å². The summed E-state index contributed by atoms with van der Waals surface area (Å²) in [5.41, 5.74) is 2.04. The number of halogens is 1. The normalized spacial score (nSPS) is 12.1. The van der Waals surface area contributed by atoms with E-state index in [4.69, 9.17) is 9.47 Å². The molecule has 6 nitrogen and oxygen atoms in total. The van der Waals surface area contributed by atoms with Gasteiger partial charge in [-0.15, -0.1) is 0 Å². The standard InChI is InChI=1S/C26H35BrN2O4/c1-7-13-28-25(31)18(2)29(16-19-9-8-10-21(14-19)32-6)24(30)17-33-23-12-11-20(15-22(23)27)26(3,4)5/h8-12,14-15,18H,7,13,16-17H2,1-6H3,(H,28,31)/t18-/m0/s1. The summed E-state index contributed by atoms with van der Waals surface area (Å²) in [6.45, 7) is 10.8. The quantitative estimate of drug-likeness (QED) is 0.476. The SMILES string of the molecule is CCCNC(=O)[C@H](C)N(Cc1cccc(OC)c1)C(=O)COc1ccc(C(C)(C)C)cc1Br. The van der Waals surface area contributed by atoms with Crippen molar-refractivity contribution in [2.75, 3.05) is 20.3 Å². The zero-order valence-electron chi connectivity index (χ0n) is 20.4. The minimum Gasteiger partial charge on any atom is -0.497 e. The Morgan fingerprint density at radius 1 is 1.15 bits per heavy atom. The van der Waals surface area contributed by atoms with Gasteiger partial charge in [0.05, 0.1) is 11.6 Å². The topological polar surface area (TPSA) is 67.9 Å². The third-order valence-corrected chi connectivity index (χ3v) is 5.97. The molecule has 0 heterocycles. The maximum atomic E-state index is 13.2. The van der Waals surface area contributed by atoms with Crippen LogP contribution in [0.4, 0.5) is 0 Å². The monoisotopic (exact) mass is 518 g/mol. The lowest BCUT2D eigenvalue weighted by molar-refractivity contribution is -0.142. The van der Waals surface area contributed by atoms with Gasteiger partial charge in [-0.2, -0.15) is 0 Å². The van der Waals surface area contributed by atoms with Crippen LogP contribution in [-0.2, 0) is 21.5 Å². The van der Waals surface area contributed by atoms with Crippen LogP contribution in [0.2, 0.25) is 0 Å². The molecule has 0 aliphatic rings. The van der Waals surface area contributed by atoms with E-state index in [2.05, 4.69) is 42.0 Å². The van der Waals surface area contributed by atoms with Crippen LogP contribution in [0.25, 0.3) is 0 Å². The van der Waals surface area contributed by atoms with Crippen LogP contribution in [-0.4, -0.2) is 43.0 Å². The predicted molar refractivity (Wildman–Crippen MR) is 135 cm³/mol. The molecule has 0 saturated heterocycles. The van der Waals surface area contributed by atoms with Crippen LogP contribution >= 0.6 is 15.9 Å². The molecule has 0 bridgehead atoms. The molecule has 2 aromatic rings. The highest BCUT2D eigenvalue weighted by Gasteiger charge is 2.26. The van der Waals surface area contributed by atoms with Gasteiger partial charge in [-0.25, -0.2) is 0 Å². The van der Waals surface area contributed by atoms with E-state index in [0.29, 0.717) is 18.0 Å². The van der Waals surface area contributed by atoms with Crippen molar-refractivity contribution in [3.63, 3.8) is 0 Å². The van der Waals surface area contributed by atoms with Crippen LogP contribution in [0, 0.1) is 0 Å². The lowest BCUT2D eigenvalue weighted by atomic mass is 9.87. The number of carbonyl (C=O) groups excluding carboxylic acids is 2. The van der Waals surface area contributed by atoms with Gasteiger partial charge in [-0.05, 0) is 70.1 Å². The first-order valence-electron chi connectivity index (χ1n) is 11.2. The highest BCUT2D eigenvalue weighted by atomic mass is 79.9. The fourth-order valence-corrected chi connectivity index (χ4v) is 3.75. The van der Waals surface area contributed by atoms with Crippen LogP contribution in [0.1, 0.15) is 52.2 Å². The van der Waals surface area contributed by atoms with Crippen molar-refractivity contribution in [2.45, 2.75) is 59.0 Å². The lowest BCUT2D eigenvalue weighted by Gasteiger charge is -2.29. The summed E-state index contributed by atoms with van der Waals surface area (Å²) in [6, 6.07) is 12.7. The van der Waals surface area contributed by atoms with E-state index in [-0.39, 0.29) is 30.4 Å². The number of carbonyl (C=O) groups is 2. The third-order valence-electron chi connectivity index (χ3n) is 5.35. The number of benzene rings is 2. The van der Waals surface area contributed by atoms with Crippen molar-refractivity contribution in [3.05, 3.63) is 58.1 Å². The molecule has 0 saturated carbocycles. The van der Waals surface area contributed by atoms with E-state index in [0.717, 1.165) is 22.0 Å². The Labute approximate surface area is 205 Å². The maximum absolute atomic E-state index is 13.2. The minimum absolute atomic E-state index is 0.00565. The van der Waals surface area contributed by atoms with Crippen LogP contribution in [0.3, 0.4) is 0 Å². The summed E-state index contributed by atoms with van der Waals surface area (Å²) in [7, 11) is 1.60. The van der Waals surface area contributed by atoms with Crippen molar-refractivity contribution in [1.82, 2.24) is 10.2 Å². The first kappa shape index (κ1) is 26.7. The first-order chi connectivity index (χ1) is 15.6. The van der Waals surface area contributed by atoms with Gasteiger partial charge in [0.2, 0.25) is 5.91 Å². The summed E-state index contributed by atoms with van der Waals surface area (Å²) < 4.78 is 11.9. The van der Waals surface area contributed by atoms with Crippen LogP contribution in [0.5, 0.6) is 11.5 Å². The molecule has 33 heavy (non-hydrogen) atoms. The Kier molecular flexibility index (Phi) is 9.77. The van der Waals surface area contributed by atoms with Crippen molar-refractivity contribution in [3.8, 4) is 11.5 Å². The molecule has 2 amide bonds. The number of nitrogens with one attached hydrogen (secondary N) is 1. The Hall–Kier alpha value is -2.54. The molecule has 0 aliphatic heterocycles. The van der Waals surface area contributed by atoms with E-state index in [9.17, 15) is 9.59 Å². The summed E-state index contributed by atoms with van der Waals surface area (Å²) in [5.74, 6) is 0.815. The lowest BCUT2D eigenvalue weighted by Crippen LogP contribution is -2.49. The molecular weight excluding hydrogens is 484 g/mol. The van der Waals surface area contributed by atoms with E-state index >= 15 is 0 Å². The van der Waals surface area contributed by atoms with Crippen LogP contribution in [0.15, 0.2) is 46.9 Å². The molecule has 0 fully saturated rings. The van der Waals surface area contributed by atoms with Crippen LogP contribution < -0.4 is 14.8 Å². The van der Waals surface area contributed by atoms with E-state index in [1.165, 1.54) is 4.90 Å². The fraction of sp³-hybridized carbons (Fsp3) is 0.462. The van der Waals surface area contributed by atoms with Crippen molar-refractivity contribution >= 4 is 27.7 Å². The van der Waals surface area contributed by atoms with E-state index in [1.807, 2.05) is 49.4 Å². The number of hydrogen-bond acceptors (Lipinski definition) is 4. The van der Waals surface area contributed by atoms with Gasteiger partial charge in [-0.1, -0.05) is 45.9 Å². The van der Waals surface area contributed by atoms with Gasteiger partial charge in [-0.3, -0.25) is 9.59 Å². The van der Waals surface area contributed by atoms with Gasteiger partial charge < -0.3 is 19.7 Å². The maximum Gasteiger partial charge on any atom is 0.261 e. The predicted octanol–water partition coefficient (Wildman–Crippen LogP) is 5.08. The second kappa shape index (κ2) is 12.1. The van der Waals surface area contributed by atoms with Crippen molar-refractivity contribution in [2.24, 2.45) is 0 Å². The number of nitrogens with zero attached hydrogens (tertiary/aromatic N) is 1. The fourth-order valence-electron chi connectivity index (χ4n) is 3.25. The zero-order valence-corrected chi connectivity index (χ0v) is 22.0. The summed E-state index contributed by atoms with van der Waals surface area (Å²) in [5, 5.41) is 2.87. The molecule has 7 heteroatoms. The Morgan fingerprint density at radius 3 is 2.48 bits per heavy atom. The summed E-state index contributed by atoms with van der Waals surface area (Å²) >= 11 is 3.55. The average Bonchev–Trinajstić information content (AvgIpc) is 2.78. The highest BCUT2D eigenvalue weighted by Crippen LogP contribution is 2.31. The number of methoxy groups -OCH3 is 1. The second-order valence-corrected chi connectivity index (χ2v) is 9.88. The van der Waals surface area contributed by atoms with E-state index in [1.54, 1.807) is 14.0 Å². The molecule has 0 aromatic heterocycles. The van der Waals surface area contributed by atoms with E-state index < -0.39 is 6.04 Å². The number of amides is 2. The van der Waals surface area contributed by atoms with Gasteiger partial charge >= 0.3 is 0 Å². The molecule has 0 unspecified atom stereocenters. The molecule has 0 spiro atoms. The second-order valence-electron chi connectivity index (χ2n) is 9.02. The smallest absolute Gasteiger partial charge is 0.261 e. The first-order valence-corrected chi connectivity index (χ1v) is 12.0. The summed E-state index contributed by atoms with van der Waals surface area (Å²) in [4.78, 5) is 27.4. The minimum atomic E-state index is -0.648. The van der Waals surface area contributed by atoms with Crippen molar-refractivity contribution in [1.29, 1.82) is 0 Å². The largest absolute Gasteiger partial charge is 0.497 e.